The van der Waals surface area contributed by atoms with E-state index in [-0.39, 0.29) is 45.4 Å². The molecule has 0 aliphatic carbocycles. The van der Waals surface area contributed by atoms with E-state index in [1.165, 1.54) is 13.8 Å². The van der Waals surface area contributed by atoms with Gasteiger partial charge in [0.25, 0.3) is 5.91 Å². The van der Waals surface area contributed by atoms with Crippen LogP contribution in [0.5, 0.6) is 0 Å². The van der Waals surface area contributed by atoms with Gasteiger partial charge in [-0.05, 0) is 109 Å². The Hall–Kier alpha value is -6.18. The van der Waals surface area contributed by atoms with Crippen molar-refractivity contribution < 1.29 is 76.0 Å². The summed E-state index contributed by atoms with van der Waals surface area (Å²) in [6.45, 7) is 3.48. The monoisotopic (exact) mass is 705 g/mol. The van der Waals surface area contributed by atoms with Crippen LogP contribution in [-0.2, 0) is 19.1 Å². The van der Waals surface area contributed by atoms with Crippen LogP contribution < -0.4 is 10.6 Å². The van der Waals surface area contributed by atoms with Crippen molar-refractivity contribution in [2.24, 2.45) is 0 Å². The summed E-state index contributed by atoms with van der Waals surface area (Å²) in [6, 6.07) is -1.24. The maximum Gasteiger partial charge on any atom is 0.297 e. The predicted molar refractivity (Wildman–Crippen MR) is 225 cm³/mol. The van der Waals surface area contributed by atoms with E-state index in [0.717, 1.165) is 0 Å². The summed E-state index contributed by atoms with van der Waals surface area (Å²) in [6.07, 6.45) is -10.4. The van der Waals surface area contributed by atoms with Gasteiger partial charge in [0.2, 0.25) is 5.91 Å². The molecule has 8 atom stereocenters. The second-order valence-electron chi connectivity index (χ2n) is 8.97. The average Bonchev–Trinajstić information content (AvgIpc) is 3.06. The highest BCUT2D eigenvalue weighted by Gasteiger charge is 2.44. The number of hydrogen-bond acceptors (Lipinski definition) is 9. The van der Waals surface area contributed by atoms with E-state index in [1.54, 1.807) is 6.92 Å². The first kappa shape index (κ1) is 42.8. The minimum absolute atomic E-state index is 0. The van der Waals surface area contributed by atoms with Crippen LogP contribution in [0, 0.1) is 130 Å². The van der Waals surface area contributed by atoms with Gasteiger partial charge in [-0.15, -0.1) is 0 Å². The Morgan fingerprint density at radius 2 is 1.16 bits per heavy atom. The molecule has 292 valence electrons. The van der Waals surface area contributed by atoms with Gasteiger partial charge in [-0.1, -0.05) is 13.3 Å². The molecule has 11 nitrogen and oxygen atoms in total. The fourth-order valence-electron chi connectivity index (χ4n) is 3.15. The summed E-state index contributed by atoms with van der Waals surface area (Å²) < 4.78 is 10.9. The van der Waals surface area contributed by atoms with E-state index >= 15 is 0 Å². The lowest BCUT2D eigenvalue weighted by Gasteiger charge is -2.40. The Bertz CT molecular complexity index is 1960. The molecule has 49 heavy (non-hydrogen) atoms. The molecule has 0 spiro atoms. The third kappa shape index (κ3) is 19.2. The minimum atomic E-state index is -1.70. The molecule has 0 aromatic carbocycles. The van der Waals surface area contributed by atoms with Gasteiger partial charge in [-0.3, -0.25) is 9.59 Å². The van der Waals surface area contributed by atoms with Crippen molar-refractivity contribution in [3.63, 3.8) is 0 Å². The molecule has 0 aromatic rings. The maximum absolute atomic E-state index is 12.3. The number of ether oxygens (including phenoxy) is 2. The molecule has 1 heterocycles. The third-order valence-electron chi connectivity index (χ3n) is 5.37. The van der Waals surface area contributed by atoms with Gasteiger partial charge in [-0.25, -0.2) is 0 Å². The quantitative estimate of drug-likeness (QED) is 0.187. The van der Waals surface area contributed by atoms with Crippen LogP contribution in [0.4, 0.5) is 0 Å². The van der Waals surface area contributed by atoms with Crippen molar-refractivity contribution in [2.45, 2.75) is 77.2 Å². The number of hydrogen-bond donors (Lipinski definition) is 7. The molecular weight excluding hydrogens is 628 g/mol. The van der Waals surface area contributed by atoms with Crippen molar-refractivity contribution in [2.75, 3.05) is 13.2 Å². The second kappa shape index (κ2) is 25.9. The van der Waals surface area contributed by atoms with Gasteiger partial charge in [0.15, 0.2) is 6.29 Å². The summed E-state index contributed by atoms with van der Waals surface area (Å²) in [7, 11) is 0. The molecular formula is C38H76N2O9. The molecule has 1 aliphatic rings. The van der Waals surface area contributed by atoms with Crippen molar-refractivity contribution in [3.05, 3.63) is 0 Å². The minimum Gasteiger partial charge on any atom is -0.391 e. The Morgan fingerprint density at radius 3 is 1.57 bits per heavy atom. The first-order valence-corrected chi connectivity index (χ1v) is 13.7. The number of amides is 2. The van der Waals surface area contributed by atoms with Gasteiger partial charge in [0.1, 0.15) is 30.5 Å². The van der Waals surface area contributed by atoms with E-state index in [4.69, 9.17) is 9.47 Å². The van der Waals surface area contributed by atoms with Crippen LogP contribution in [0.1, 0.15) is 59.6 Å². The standard InChI is InChI=1S/C37H28N2O9.CH4.22H2/c1-4-5-6-7-8-9-10-11-12-13-14-15-16-17-18-19-20-21-22-23-24-25-32(42)39-30(33(43)28(2)40)27-47-37-36(46)35(45)34(44)31(48-37)26-38-29(3)41;;;;;;;;;;;;;;;;;;;;;;;/h28,30-31,33-37,40,43-46H,26-27H2,1-3H3,(H,38,41)(H,39,42);1H4;22*1H/t28-,30+,31?,33-,34?,35?,36?,37?;;;;;;;;;;;;;;;;;;;;;;;/m1......................./s1. The topological polar surface area (TPSA) is 178 Å². The summed E-state index contributed by atoms with van der Waals surface area (Å²) in [5.74, 6) is 52.3. The van der Waals surface area contributed by atoms with Crippen molar-refractivity contribution in [1.82, 2.24) is 10.6 Å². The lowest BCUT2D eigenvalue weighted by molar-refractivity contribution is -0.297. The predicted octanol–water partition coefficient (Wildman–Crippen LogP) is 2.28. The Labute approximate surface area is 320 Å². The van der Waals surface area contributed by atoms with E-state index in [9.17, 15) is 35.1 Å². The van der Waals surface area contributed by atoms with Crippen molar-refractivity contribution in [1.29, 1.82) is 0 Å². The maximum atomic E-state index is 12.3. The highest BCUT2D eigenvalue weighted by atomic mass is 16.7. The molecule has 2 amide bonds. The molecule has 1 rings (SSSR count). The molecule has 1 aliphatic heterocycles. The second-order valence-corrected chi connectivity index (χ2v) is 8.97. The molecule has 0 saturated carbocycles. The summed E-state index contributed by atoms with van der Waals surface area (Å²) >= 11 is 0. The highest BCUT2D eigenvalue weighted by Crippen LogP contribution is 2.22. The Kier molecular flexibility index (Phi) is 22.7. The fourth-order valence-corrected chi connectivity index (χ4v) is 3.15. The number of nitrogens with one attached hydrogen (secondary N) is 2. The van der Waals surface area contributed by atoms with Gasteiger partial charge in [0.05, 0.1) is 18.8 Å². The molecule has 0 bridgehead atoms. The normalized spacial score (nSPS) is 19.0. The molecule has 0 aromatic heterocycles. The van der Waals surface area contributed by atoms with Gasteiger partial charge in [-0.2, -0.15) is 0 Å². The first-order valence-electron chi connectivity index (χ1n) is 13.7. The zero-order valence-corrected chi connectivity index (χ0v) is 25.9. The lowest BCUT2D eigenvalue weighted by atomic mass is 9.98. The number of rotatable bonds is 8. The van der Waals surface area contributed by atoms with Gasteiger partial charge in [0, 0.05) is 74.5 Å². The van der Waals surface area contributed by atoms with E-state index in [2.05, 4.69) is 141 Å². The van der Waals surface area contributed by atoms with Crippen LogP contribution in [0.25, 0.3) is 0 Å². The molecule has 11 heteroatoms. The van der Waals surface area contributed by atoms with E-state index < -0.39 is 67.4 Å². The largest absolute Gasteiger partial charge is 0.391 e. The molecule has 7 N–H and O–H groups in total. The Morgan fingerprint density at radius 1 is 0.735 bits per heavy atom. The number of aliphatic hydroxyl groups is 5. The molecule has 0 radical (unpaired) electrons. The van der Waals surface area contributed by atoms with E-state index in [0.29, 0.717) is 0 Å². The summed E-state index contributed by atoms with van der Waals surface area (Å²) in [5.41, 5.74) is 0. The number of carbonyl (C=O) groups is 2. The third-order valence-corrected chi connectivity index (χ3v) is 5.37. The van der Waals surface area contributed by atoms with Gasteiger partial charge < -0.3 is 45.6 Å². The smallest absolute Gasteiger partial charge is 0.297 e. The number of aliphatic hydroxyl groups excluding tert-OH is 5. The van der Waals surface area contributed by atoms with Crippen molar-refractivity contribution in [3.8, 4) is 130 Å². The first-order chi connectivity index (χ1) is 23.1. The molecule has 5 unspecified atom stereocenters. The fraction of sp³-hybridized carbons (Fsp3) is 0.368. The summed E-state index contributed by atoms with van der Waals surface area (Å²) in [5, 5.41) is 55.5. The van der Waals surface area contributed by atoms with Crippen LogP contribution in [0.15, 0.2) is 0 Å². The van der Waals surface area contributed by atoms with Crippen molar-refractivity contribution >= 4 is 11.8 Å². The zero-order valence-electron chi connectivity index (χ0n) is 25.9. The van der Waals surface area contributed by atoms with Gasteiger partial charge >= 0.3 is 0 Å². The molecule has 1 saturated heterocycles. The zero-order chi connectivity index (χ0) is 35.6. The van der Waals surface area contributed by atoms with E-state index in [1.807, 2.05) is 0 Å². The average molecular weight is 705 g/mol. The van der Waals surface area contributed by atoms with Crippen LogP contribution >= 0.6 is 0 Å². The lowest BCUT2D eigenvalue weighted by Crippen LogP contribution is -2.61. The Balaban J connectivity index is -0.0000000477. The van der Waals surface area contributed by atoms with Crippen LogP contribution in [-0.4, -0.2) is 99.5 Å². The number of carbonyl (C=O) groups excluding carboxylic acids is 2. The SMILES string of the molecule is C.CC#CC#CC#CC#CC#CC#CC#CC#CC#CC#CC#CC(=O)N[C@@H](COC1OC(CNC(C)=O)C(O)C(O)C1O)[C@H](O)[C@@H](C)O.[HH].[HH].[HH].[HH].[HH].[HH].[HH].[HH].[HH].[HH].[HH].[HH].[HH].[HH].[HH].[HH].[HH].[HH].[HH].[HH].[HH].[HH]. The molecule has 1 fully saturated rings. The highest BCUT2D eigenvalue weighted by molar-refractivity contribution is 5.94. The summed E-state index contributed by atoms with van der Waals surface area (Å²) in [4.78, 5) is 23.5. The van der Waals surface area contributed by atoms with Crippen LogP contribution in [0.2, 0.25) is 0 Å². The van der Waals surface area contributed by atoms with Crippen LogP contribution in [0.3, 0.4) is 0 Å².